The number of carbonyl (C=O) groups is 1. The molecule has 0 atom stereocenters. The fourth-order valence-electron chi connectivity index (χ4n) is 2.18. The minimum atomic E-state index is -0.885. The molecule has 1 saturated carbocycles. The number of nitrogens with zero attached hydrogens (tertiary/aromatic N) is 4. The molecule has 1 aliphatic carbocycles. The lowest BCUT2D eigenvalue weighted by Gasteiger charge is -2.28. The Bertz CT molecular complexity index is 453. The summed E-state index contributed by atoms with van der Waals surface area (Å²) in [4.78, 5) is 16.1. The van der Waals surface area contributed by atoms with Gasteiger partial charge in [-0.2, -0.15) is 15.3 Å². The predicted molar refractivity (Wildman–Crippen MR) is 60.8 cm³/mol. The highest BCUT2D eigenvalue weighted by Crippen LogP contribution is 2.36. The lowest BCUT2D eigenvalue weighted by Crippen LogP contribution is -2.37. The number of rotatable bonds is 2. The third kappa shape index (κ3) is 2.13. The van der Waals surface area contributed by atoms with Crippen molar-refractivity contribution >= 4 is 11.9 Å². The molecular weight excluding hydrogens is 218 g/mol. The van der Waals surface area contributed by atoms with Crippen molar-refractivity contribution < 1.29 is 4.79 Å². The van der Waals surface area contributed by atoms with Gasteiger partial charge in [-0.1, -0.05) is 19.3 Å². The van der Waals surface area contributed by atoms with Crippen molar-refractivity contribution in [3.05, 3.63) is 6.33 Å². The Hall–Kier alpha value is -1.90. The number of anilines is 1. The van der Waals surface area contributed by atoms with E-state index < -0.39 is 5.41 Å². The summed E-state index contributed by atoms with van der Waals surface area (Å²) in [6, 6.07) is 2.18. The van der Waals surface area contributed by atoms with Crippen molar-refractivity contribution in [1.29, 1.82) is 5.26 Å². The van der Waals surface area contributed by atoms with Crippen molar-refractivity contribution in [2.75, 3.05) is 5.32 Å². The maximum Gasteiger partial charge on any atom is 0.247 e. The molecule has 0 saturated heterocycles. The van der Waals surface area contributed by atoms with Crippen LogP contribution in [0, 0.1) is 16.7 Å². The van der Waals surface area contributed by atoms with Crippen LogP contribution in [0.4, 0.5) is 5.95 Å². The molecule has 1 amide bonds. The summed E-state index contributed by atoms with van der Waals surface area (Å²) >= 11 is 0. The molecule has 17 heavy (non-hydrogen) atoms. The number of nitrogens with one attached hydrogen (secondary N) is 1. The summed E-state index contributed by atoms with van der Waals surface area (Å²) in [6.07, 6.45) is 5.59. The van der Waals surface area contributed by atoms with Crippen molar-refractivity contribution in [3.63, 3.8) is 0 Å². The van der Waals surface area contributed by atoms with Gasteiger partial charge in [-0.05, 0) is 12.8 Å². The second-order valence-corrected chi connectivity index (χ2v) is 4.42. The Morgan fingerprint density at radius 2 is 2.24 bits per heavy atom. The second-order valence-electron chi connectivity index (χ2n) is 4.42. The summed E-state index contributed by atoms with van der Waals surface area (Å²) in [5.74, 6) is 0.131. The summed E-state index contributed by atoms with van der Waals surface area (Å²) < 4.78 is 1.48. The van der Waals surface area contributed by atoms with Crippen molar-refractivity contribution in [1.82, 2.24) is 14.8 Å². The number of aryl methyl sites for hydroxylation is 1. The topological polar surface area (TPSA) is 83.6 Å². The normalized spacial score (nSPS) is 18.4. The molecule has 0 spiro atoms. The summed E-state index contributed by atoms with van der Waals surface area (Å²) in [5.41, 5.74) is -0.885. The molecule has 90 valence electrons. The molecule has 0 aromatic carbocycles. The lowest BCUT2D eigenvalue weighted by molar-refractivity contribution is -0.124. The van der Waals surface area contributed by atoms with Gasteiger partial charge in [0, 0.05) is 7.05 Å². The van der Waals surface area contributed by atoms with Crippen LogP contribution in [0.15, 0.2) is 6.33 Å². The van der Waals surface area contributed by atoms with Crippen LogP contribution in [-0.4, -0.2) is 20.7 Å². The minimum Gasteiger partial charge on any atom is -0.293 e. The first-order chi connectivity index (χ1) is 8.18. The molecule has 0 unspecified atom stereocenters. The quantitative estimate of drug-likeness (QED) is 0.832. The molecule has 0 bridgehead atoms. The number of carbonyl (C=O) groups excluding carboxylic acids is 1. The highest BCUT2D eigenvalue weighted by Gasteiger charge is 2.40. The Morgan fingerprint density at radius 1 is 1.53 bits per heavy atom. The standard InChI is InChI=1S/C11H15N5O/c1-16-10(13-8-14-16)15-9(17)11(7-12)5-3-2-4-6-11/h8H,2-6H2,1H3,(H,13,14,15,17). The van der Waals surface area contributed by atoms with E-state index in [0.29, 0.717) is 18.8 Å². The SMILES string of the molecule is Cn1ncnc1NC(=O)C1(C#N)CCCCC1. The Morgan fingerprint density at radius 3 is 2.76 bits per heavy atom. The second kappa shape index (κ2) is 4.53. The van der Waals surface area contributed by atoms with E-state index in [-0.39, 0.29) is 5.91 Å². The van der Waals surface area contributed by atoms with Gasteiger partial charge in [-0.25, -0.2) is 4.68 Å². The molecule has 1 heterocycles. The van der Waals surface area contributed by atoms with Crippen LogP contribution >= 0.6 is 0 Å². The average molecular weight is 233 g/mol. The number of hydrogen-bond donors (Lipinski definition) is 1. The first-order valence-electron chi connectivity index (χ1n) is 5.75. The summed E-state index contributed by atoms with van der Waals surface area (Å²) in [7, 11) is 1.70. The van der Waals surface area contributed by atoms with E-state index in [1.54, 1.807) is 7.05 Å². The van der Waals surface area contributed by atoms with E-state index >= 15 is 0 Å². The van der Waals surface area contributed by atoms with Gasteiger partial charge < -0.3 is 0 Å². The third-order valence-corrected chi connectivity index (χ3v) is 3.29. The summed E-state index contributed by atoms with van der Waals surface area (Å²) in [6.45, 7) is 0. The van der Waals surface area contributed by atoms with Crippen molar-refractivity contribution in [3.8, 4) is 6.07 Å². The molecule has 1 N–H and O–H groups in total. The molecule has 1 fully saturated rings. The van der Waals surface area contributed by atoms with E-state index in [4.69, 9.17) is 0 Å². The molecule has 0 aliphatic heterocycles. The van der Waals surface area contributed by atoms with Gasteiger partial charge in [0.05, 0.1) is 6.07 Å². The minimum absolute atomic E-state index is 0.254. The largest absolute Gasteiger partial charge is 0.293 e. The van der Waals surface area contributed by atoms with E-state index in [0.717, 1.165) is 19.3 Å². The molecular formula is C11H15N5O. The van der Waals surface area contributed by atoms with Gasteiger partial charge in [0.1, 0.15) is 11.7 Å². The fraction of sp³-hybridized carbons (Fsp3) is 0.636. The van der Waals surface area contributed by atoms with E-state index in [9.17, 15) is 10.1 Å². The molecule has 6 nitrogen and oxygen atoms in total. The molecule has 1 aromatic heterocycles. The zero-order valence-corrected chi connectivity index (χ0v) is 9.81. The molecule has 1 aromatic rings. The van der Waals surface area contributed by atoms with Crippen LogP contribution < -0.4 is 5.32 Å². The van der Waals surface area contributed by atoms with Crippen LogP contribution in [0.3, 0.4) is 0 Å². The Labute approximate surface area is 99.6 Å². The zero-order chi connectivity index (χ0) is 12.3. The number of hydrogen-bond acceptors (Lipinski definition) is 4. The first-order valence-corrected chi connectivity index (χ1v) is 5.75. The molecule has 1 aliphatic rings. The molecule has 6 heteroatoms. The van der Waals surface area contributed by atoms with E-state index in [1.807, 2.05) is 0 Å². The third-order valence-electron chi connectivity index (χ3n) is 3.29. The van der Waals surface area contributed by atoms with Crippen LogP contribution in [0.25, 0.3) is 0 Å². The van der Waals surface area contributed by atoms with Gasteiger partial charge in [0.25, 0.3) is 0 Å². The van der Waals surface area contributed by atoms with Gasteiger partial charge in [-0.15, -0.1) is 0 Å². The number of amides is 1. The van der Waals surface area contributed by atoms with Crippen molar-refractivity contribution in [2.45, 2.75) is 32.1 Å². The van der Waals surface area contributed by atoms with Gasteiger partial charge >= 0.3 is 0 Å². The maximum atomic E-state index is 12.2. The van der Waals surface area contributed by atoms with Gasteiger partial charge in [0.15, 0.2) is 0 Å². The monoisotopic (exact) mass is 233 g/mol. The maximum absolute atomic E-state index is 12.2. The highest BCUT2D eigenvalue weighted by molar-refractivity contribution is 5.96. The Balaban J connectivity index is 2.13. The van der Waals surface area contributed by atoms with E-state index in [1.165, 1.54) is 11.0 Å². The van der Waals surface area contributed by atoms with Crippen LogP contribution in [-0.2, 0) is 11.8 Å². The molecule has 2 rings (SSSR count). The number of aromatic nitrogens is 3. The molecule has 0 radical (unpaired) electrons. The van der Waals surface area contributed by atoms with Crippen LogP contribution in [0.2, 0.25) is 0 Å². The lowest BCUT2D eigenvalue weighted by atomic mass is 9.74. The Kier molecular flexibility index (Phi) is 3.09. The fourth-order valence-corrected chi connectivity index (χ4v) is 2.18. The summed E-state index contributed by atoms with van der Waals surface area (Å²) in [5, 5.41) is 15.8. The van der Waals surface area contributed by atoms with Gasteiger partial charge in [0.2, 0.25) is 11.9 Å². The first kappa shape index (κ1) is 11.6. The van der Waals surface area contributed by atoms with Crippen molar-refractivity contribution in [2.24, 2.45) is 12.5 Å². The zero-order valence-electron chi connectivity index (χ0n) is 9.81. The van der Waals surface area contributed by atoms with E-state index in [2.05, 4.69) is 21.5 Å². The highest BCUT2D eigenvalue weighted by atomic mass is 16.2. The number of nitriles is 1. The van der Waals surface area contributed by atoms with Crippen LogP contribution in [0.1, 0.15) is 32.1 Å². The average Bonchev–Trinajstić information content (AvgIpc) is 2.76. The van der Waals surface area contributed by atoms with Gasteiger partial charge in [-0.3, -0.25) is 10.1 Å². The predicted octanol–water partition coefficient (Wildman–Crippen LogP) is 1.23. The smallest absolute Gasteiger partial charge is 0.247 e. The van der Waals surface area contributed by atoms with Crippen LogP contribution in [0.5, 0.6) is 0 Å².